The molecule has 2 aromatic carbocycles. The molecule has 0 atom stereocenters. The van der Waals surface area contributed by atoms with Crippen molar-refractivity contribution in [1.82, 2.24) is 9.80 Å². The Morgan fingerprint density at radius 1 is 0.742 bits per heavy atom. The van der Waals surface area contributed by atoms with Gasteiger partial charge in [-0.2, -0.15) is 0 Å². The minimum atomic E-state index is -0.350. The standard InChI is InChI=1S/C26H30N2O3/c1-18-10-14-27(15-11-18)25(29)19-12-16-28(17-13-19)26(30)24-20-6-2-4-8-22(20)31-23-9-5-3-7-21(23)24/h2-9,18-19,24H,10-17H2,1H3. The van der Waals surface area contributed by atoms with Gasteiger partial charge in [-0.1, -0.05) is 43.3 Å². The van der Waals surface area contributed by atoms with Crippen LogP contribution >= 0.6 is 0 Å². The van der Waals surface area contributed by atoms with E-state index in [0.29, 0.717) is 24.9 Å². The average molecular weight is 419 g/mol. The topological polar surface area (TPSA) is 49.9 Å². The summed E-state index contributed by atoms with van der Waals surface area (Å²) in [6.45, 7) is 5.31. The minimum absolute atomic E-state index is 0.0479. The highest BCUT2D eigenvalue weighted by atomic mass is 16.5. The Balaban J connectivity index is 1.30. The number of piperidine rings is 2. The molecule has 31 heavy (non-hydrogen) atoms. The highest BCUT2D eigenvalue weighted by molar-refractivity contribution is 5.90. The van der Waals surface area contributed by atoms with Gasteiger partial charge in [0.1, 0.15) is 11.5 Å². The van der Waals surface area contributed by atoms with Crippen LogP contribution in [0.5, 0.6) is 11.5 Å². The summed E-state index contributed by atoms with van der Waals surface area (Å²) in [6.07, 6.45) is 3.71. The fourth-order valence-corrected chi connectivity index (χ4v) is 5.19. The normalized spacial score (nSPS) is 20.0. The lowest BCUT2D eigenvalue weighted by atomic mass is 9.85. The summed E-state index contributed by atoms with van der Waals surface area (Å²) in [6, 6.07) is 15.6. The molecule has 0 spiro atoms. The average Bonchev–Trinajstić information content (AvgIpc) is 2.82. The summed E-state index contributed by atoms with van der Waals surface area (Å²) in [5, 5.41) is 0. The van der Waals surface area contributed by atoms with Crippen LogP contribution in [-0.2, 0) is 9.59 Å². The monoisotopic (exact) mass is 418 g/mol. The maximum absolute atomic E-state index is 13.7. The van der Waals surface area contributed by atoms with Crippen LogP contribution in [0.15, 0.2) is 48.5 Å². The highest BCUT2D eigenvalue weighted by Crippen LogP contribution is 2.45. The number of ether oxygens (including phenoxy) is 1. The molecule has 3 aliphatic rings. The lowest BCUT2D eigenvalue weighted by molar-refractivity contribution is -0.142. The molecule has 5 rings (SSSR count). The molecule has 0 N–H and O–H groups in total. The number of nitrogens with zero attached hydrogens (tertiary/aromatic N) is 2. The predicted molar refractivity (Wildman–Crippen MR) is 119 cm³/mol. The molecule has 0 bridgehead atoms. The quantitative estimate of drug-likeness (QED) is 0.725. The minimum Gasteiger partial charge on any atom is -0.457 e. The zero-order chi connectivity index (χ0) is 21.4. The van der Waals surface area contributed by atoms with E-state index < -0.39 is 0 Å². The van der Waals surface area contributed by atoms with Gasteiger partial charge in [-0.05, 0) is 43.7 Å². The van der Waals surface area contributed by atoms with E-state index in [1.807, 2.05) is 58.3 Å². The Labute approximate surface area is 184 Å². The first-order chi connectivity index (χ1) is 15.1. The maximum Gasteiger partial charge on any atom is 0.234 e. The second kappa shape index (κ2) is 8.37. The van der Waals surface area contributed by atoms with E-state index in [9.17, 15) is 9.59 Å². The first-order valence-electron chi connectivity index (χ1n) is 11.5. The Bertz CT molecular complexity index is 927. The fourth-order valence-electron chi connectivity index (χ4n) is 5.19. The Morgan fingerprint density at radius 3 is 1.81 bits per heavy atom. The molecule has 0 unspecified atom stereocenters. The van der Waals surface area contributed by atoms with Gasteiger partial charge in [-0.3, -0.25) is 9.59 Å². The van der Waals surface area contributed by atoms with E-state index in [0.717, 1.165) is 61.4 Å². The van der Waals surface area contributed by atoms with Gasteiger partial charge in [-0.15, -0.1) is 0 Å². The number of hydrogen-bond donors (Lipinski definition) is 0. The van der Waals surface area contributed by atoms with Gasteiger partial charge in [0.25, 0.3) is 0 Å². The summed E-state index contributed by atoms with van der Waals surface area (Å²) >= 11 is 0. The molecule has 2 saturated heterocycles. The molecule has 162 valence electrons. The van der Waals surface area contributed by atoms with Crippen molar-refractivity contribution >= 4 is 11.8 Å². The Hall–Kier alpha value is -2.82. The number of para-hydroxylation sites is 2. The van der Waals surface area contributed by atoms with Crippen molar-refractivity contribution in [1.29, 1.82) is 0 Å². The SMILES string of the molecule is CC1CCN(C(=O)C2CCN(C(=O)C3c4ccccc4Oc4ccccc43)CC2)CC1. The van der Waals surface area contributed by atoms with Crippen molar-refractivity contribution in [2.24, 2.45) is 11.8 Å². The first-order valence-corrected chi connectivity index (χ1v) is 11.5. The lowest BCUT2D eigenvalue weighted by Gasteiger charge is -2.38. The number of rotatable bonds is 2. The molecule has 2 amide bonds. The number of fused-ring (bicyclic) bond motifs is 2. The van der Waals surface area contributed by atoms with Gasteiger partial charge in [0.05, 0.1) is 5.92 Å². The molecule has 0 aliphatic carbocycles. The maximum atomic E-state index is 13.7. The molecule has 5 heteroatoms. The zero-order valence-corrected chi connectivity index (χ0v) is 18.1. The van der Waals surface area contributed by atoms with Crippen LogP contribution < -0.4 is 4.74 Å². The summed E-state index contributed by atoms with van der Waals surface area (Å²) in [4.78, 5) is 30.6. The molecule has 0 aromatic heterocycles. The molecule has 3 aliphatic heterocycles. The van der Waals surface area contributed by atoms with Crippen molar-refractivity contribution in [3.63, 3.8) is 0 Å². The number of benzene rings is 2. The van der Waals surface area contributed by atoms with Gasteiger partial charge in [-0.25, -0.2) is 0 Å². The van der Waals surface area contributed by atoms with Crippen LogP contribution in [-0.4, -0.2) is 47.8 Å². The van der Waals surface area contributed by atoms with Gasteiger partial charge in [0.2, 0.25) is 11.8 Å². The van der Waals surface area contributed by atoms with E-state index in [2.05, 4.69) is 6.92 Å². The molecular weight excluding hydrogens is 388 g/mol. The summed E-state index contributed by atoms with van der Waals surface area (Å²) in [5.74, 6) is 2.33. The first kappa shape index (κ1) is 20.1. The van der Waals surface area contributed by atoms with Gasteiger partial charge < -0.3 is 14.5 Å². The molecule has 2 aromatic rings. The van der Waals surface area contributed by atoms with E-state index in [1.165, 1.54) is 0 Å². The second-order valence-electron chi connectivity index (χ2n) is 9.22. The van der Waals surface area contributed by atoms with Crippen LogP contribution in [0.1, 0.15) is 49.7 Å². The fraction of sp³-hybridized carbons (Fsp3) is 0.462. The van der Waals surface area contributed by atoms with Gasteiger partial charge in [0.15, 0.2) is 0 Å². The van der Waals surface area contributed by atoms with Crippen molar-refractivity contribution < 1.29 is 14.3 Å². The van der Waals surface area contributed by atoms with Crippen molar-refractivity contribution in [3.05, 3.63) is 59.7 Å². The summed E-state index contributed by atoms with van der Waals surface area (Å²) in [7, 11) is 0. The summed E-state index contributed by atoms with van der Waals surface area (Å²) in [5.41, 5.74) is 1.85. The van der Waals surface area contributed by atoms with Crippen LogP contribution in [0.4, 0.5) is 0 Å². The molecular formula is C26H30N2O3. The van der Waals surface area contributed by atoms with E-state index in [4.69, 9.17) is 4.74 Å². The third-order valence-electron chi connectivity index (χ3n) is 7.18. The molecule has 0 saturated carbocycles. The number of amides is 2. The van der Waals surface area contributed by atoms with Crippen LogP contribution in [0.3, 0.4) is 0 Å². The molecule has 5 nitrogen and oxygen atoms in total. The highest BCUT2D eigenvalue weighted by Gasteiger charge is 2.38. The number of hydrogen-bond acceptors (Lipinski definition) is 3. The number of carbonyl (C=O) groups is 2. The van der Waals surface area contributed by atoms with Crippen molar-refractivity contribution in [2.75, 3.05) is 26.2 Å². The molecule has 0 radical (unpaired) electrons. The number of likely N-dealkylation sites (tertiary alicyclic amines) is 2. The second-order valence-corrected chi connectivity index (χ2v) is 9.22. The predicted octanol–water partition coefficient (Wildman–Crippen LogP) is 4.42. The largest absolute Gasteiger partial charge is 0.457 e. The summed E-state index contributed by atoms with van der Waals surface area (Å²) < 4.78 is 6.05. The van der Waals surface area contributed by atoms with Crippen molar-refractivity contribution in [2.45, 2.75) is 38.5 Å². The number of carbonyl (C=O) groups excluding carboxylic acids is 2. The molecule has 3 heterocycles. The Morgan fingerprint density at radius 2 is 1.23 bits per heavy atom. The third kappa shape index (κ3) is 3.82. The van der Waals surface area contributed by atoms with Crippen LogP contribution in [0.2, 0.25) is 0 Å². The van der Waals surface area contributed by atoms with Crippen LogP contribution in [0.25, 0.3) is 0 Å². The van der Waals surface area contributed by atoms with E-state index in [1.54, 1.807) is 0 Å². The third-order valence-corrected chi connectivity index (χ3v) is 7.18. The molecule has 2 fully saturated rings. The lowest BCUT2D eigenvalue weighted by Crippen LogP contribution is -2.47. The van der Waals surface area contributed by atoms with Crippen molar-refractivity contribution in [3.8, 4) is 11.5 Å². The van der Waals surface area contributed by atoms with Gasteiger partial charge >= 0.3 is 0 Å². The van der Waals surface area contributed by atoms with E-state index >= 15 is 0 Å². The van der Waals surface area contributed by atoms with E-state index in [-0.39, 0.29) is 17.7 Å². The van der Waals surface area contributed by atoms with Gasteiger partial charge in [0, 0.05) is 43.2 Å². The zero-order valence-electron chi connectivity index (χ0n) is 18.1. The smallest absolute Gasteiger partial charge is 0.234 e. The van der Waals surface area contributed by atoms with Crippen LogP contribution in [0, 0.1) is 11.8 Å². The Kier molecular flexibility index (Phi) is 5.43.